The zero-order chi connectivity index (χ0) is 12.8. The van der Waals surface area contributed by atoms with Gasteiger partial charge in [0.05, 0.1) is 17.6 Å². The summed E-state index contributed by atoms with van der Waals surface area (Å²) in [6.45, 7) is 2.93. The van der Waals surface area contributed by atoms with Crippen molar-refractivity contribution in [2.45, 2.75) is 19.8 Å². The number of ether oxygens (including phenoxy) is 1. The molecule has 0 unspecified atom stereocenters. The number of hydrogen-bond acceptors (Lipinski definition) is 3. The molecule has 0 fully saturated rings. The Hall–Kier alpha value is -2.04. The van der Waals surface area contributed by atoms with Crippen LogP contribution in [0.25, 0.3) is 11.0 Å². The fourth-order valence-electron chi connectivity index (χ4n) is 1.65. The molecule has 5 heteroatoms. The highest BCUT2D eigenvalue weighted by atomic mass is 16.5. The number of benzene rings is 1. The first kappa shape index (κ1) is 12.4. The van der Waals surface area contributed by atoms with Crippen LogP contribution in [0.1, 0.15) is 19.2 Å². The Balaban J connectivity index is 1.81. The van der Waals surface area contributed by atoms with Crippen LogP contribution in [0, 0.1) is 0 Å². The maximum Gasteiger partial charge on any atom is 0.407 e. The van der Waals surface area contributed by atoms with Gasteiger partial charge in [-0.2, -0.15) is 0 Å². The van der Waals surface area contributed by atoms with E-state index in [0.717, 1.165) is 23.3 Å². The topological polar surface area (TPSA) is 67.0 Å². The number of H-pyrrole nitrogens is 1. The third-order valence-corrected chi connectivity index (χ3v) is 2.51. The Morgan fingerprint density at radius 3 is 3.06 bits per heavy atom. The summed E-state index contributed by atoms with van der Waals surface area (Å²) in [6, 6.07) is 7.85. The zero-order valence-electron chi connectivity index (χ0n) is 10.4. The molecule has 0 radical (unpaired) electrons. The second-order valence-corrected chi connectivity index (χ2v) is 4.01. The van der Waals surface area contributed by atoms with Crippen molar-refractivity contribution in [3.8, 4) is 0 Å². The van der Waals surface area contributed by atoms with Gasteiger partial charge in [0.25, 0.3) is 0 Å². The molecule has 2 N–H and O–H groups in total. The third-order valence-electron chi connectivity index (χ3n) is 2.51. The highest BCUT2D eigenvalue weighted by Gasteiger charge is 2.03. The minimum Gasteiger partial charge on any atom is -0.450 e. The molecule has 0 aliphatic carbocycles. The number of nitrogens with zero attached hydrogens (tertiary/aromatic N) is 1. The summed E-state index contributed by atoms with van der Waals surface area (Å²) in [5, 5.41) is 2.69. The molecule has 0 bridgehead atoms. The van der Waals surface area contributed by atoms with Crippen molar-refractivity contribution in [3.05, 3.63) is 30.1 Å². The van der Waals surface area contributed by atoms with Crippen molar-refractivity contribution in [2.24, 2.45) is 0 Å². The van der Waals surface area contributed by atoms with Gasteiger partial charge in [0.15, 0.2) is 0 Å². The van der Waals surface area contributed by atoms with Gasteiger partial charge in [-0.05, 0) is 18.6 Å². The SMILES string of the molecule is CCCOC(=O)NCCc1nc2ccccc2[nH]1. The van der Waals surface area contributed by atoms with Gasteiger partial charge >= 0.3 is 6.09 Å². The first-order valence-corrected chi connectivity index (χ1v) is 6.14. The van der Waals surface area contributed by atoms with Crippen LogP contribution in [-0.4, -0.2) is 29.2 Å². The molecule has 18 heavy (non-hydrogen) atoms. The van der Waals surface area contributed by atoms with E-state index >= 15 is 0 Å². The summed E-state index contributed by atoms with van der Waals surface area (Å²) in [5.41, 5.74) is 1.96. The van der Waals surface area contributed by atoms with Crippen LogP contribution in [0.15, 0.2) is 24.3 Å². The molecular formula is C13H17N3O2. The second-order valence-electron chi connectivity index (χ2n) is 4.01. The molecule has 0 saturated carbocycles. The number of aromatic amines is 1. The molecule has 0 spiro atoms. The summed E-state index contributed by atoms with van der Waals surface area (Å²) in [7, 11) is 0. The number of rotatable bonds is 5. The Morgan fingerprint density at radius 1 is 1.44 bits per heavy atom. The molecule has 1 aromatic carbocycles. The molecule has 0 aliphatic heterocycles. The van der Waals surface area contributed by atoms with E-state index < -0.39 is 0 Å². The predicted octanol–water partition coefficient (Wildman–Crippen LogP) is 2.24. The van der Waals surface area contributed by atoms with E-state index in [1.807, 2.05) is 31.2 Å². The van der Waals surface area contributed by atoms with Crippen LogP contribution in [0.3, 0.4) is 0 Å². The number of hydrogen-bond donors (Lipinski definition) is 2. The second kappa shape index (κ2) is 6.05. The Bertz CT molecular complexity index is 489. The molecule has 2 rings (SSSR count). The van der Waals surface area contributed by atoms with E-state index in [4.69, 9.17) is 4.74 Å². The van der Waals surface area contributed by atoms with Gasteiger partial charge in [0.1, 0.15) is 5.82 Å². The van der Waals surface area contributed by atoms with Crippen molar-refractivity contribution < 1.29 is 9.53 Å². The quantitative estimate of drug-likeness (QED) is 0.851. The van der Waals surface area contributed by atoms with Crippen molar-refractivity contribution in [1.82, 2.24) is 15.3 Å². The van der Waals surface area contributed by atoms with Crippen LogP contribution in [0.4, 0.5) is 4.79 Å². The average molecular weight is 247 g/mol. The van der Waals surface area contributed by atoms with Gasteiger partial charge in [0, 0.05) is 13.0 Å². The number of nitrogens with one attached hydrogen (secondary N) is 2. The number of aromatic nitrogens is 2. The maximum absolute atomic E-state index is 11.2. The maximum atomic E-state index is 11.2. The minimum atomic E-state index is -0.368. The number of carbonyl (C=O) groups is 1. The van der Waals surface area contributed by atoms with Gasteiger partial charge in [-0.15, -0.1) is 0 Å². The predicted molar refractivity (Wildman–Crippen MR) is 69.4 cm³/mol. The van der Waals surface area contributed by atoms with Crippen molar-refractivity contribution in [1.29, 1.82) is 0 Å². The fourth-order valence-corrected chi connectivity index (χ4v) is 1.65. The van der Waals surface area contributed by atoms with Gasteiger partial charge < -0.3 is 15.0 Å². The lowest BCUT2D eigenvalue weighted by atomic mass is 10.3. The van der Waals surface area contributed by atoms with Crippen LogP contribution in [-0.2, 0) is 11.2 Å². The fraction of sp³-hybridized carbons (Fsp3) is 0.385. The largest absolute Gasteiger partial charge is 0.450 e. The lowest BCUT2D eigenvalue weighted by Gasteiger charge is -2.04. The van der Waals surface area contributed by atoms with E-state index in [9.17, 15) is 4.79 Å². The van der Waals surface area contributed by atoms with E-state index in [0.29, 0.717) is 19.6 Å². The summed E-state index contributed by atoms with van der Waals surface area (Å²) >= 11 is 0. The third kappa shape index (κ3) is 3.23. The Labute approximate surface area is 106 Å². The standard InChI is InChI=1S/C13H17N3O2/c1-2-9-18-13(17)14-8-7-12-15-10-5-3-4-6-11(10)16-12/h3-6H,2,7-9H2,1H3,(H,14,17)(H,15,16). The molecule has 0 aliphatic rings. The van der Waals surface area contributed by atoms with Gasteiger partial charge in [-0.25, -0.2) is 9.78 Å². The van der Waals surface area contributed by atoms with E-state index in [2.05, 4.69) is 15.3 Å². The number of imidazole rings is 1. The first-order chi connectivity index (χ1) is 8.79. The molecule has 1 heterocycles. The smallest absolute Gasteiger partial charge is 0.407 e. The number of amides is 1. The summed E-state index contributed by atoms with van der Waals surface area (Å²) in [6.07, 6.45) is 1.13. The summed E-state index contributed by atoms with van der Waals surface area (Å²) in [4.78, 5) is 18.8. The van der Waals surface area contributed by atoms with Gasteiger partial charge in [-0.1, -0.05) is 19.1 Å². The molecular weight excluding hydrogens is 230 g/mol. The number of fused-ring (bicyclic) bond motifs is 1. The highest BCUT2D eigenvalue weighted by Crippen LogP contribution is 2.10. The van der Waals surface area contributed by atoms with Crippen molar-refractivity contribution in [3.63, 3.8) is 0 Å². The van der Waals surface area contributed by atoms with Crippen molar-refractivity contribution >= 4 is 17.1 Å². The molecule has 0 atom stereocenters. The molecule has 96 valence electrons. The molecule has 1 amide bonds. The summed E-state index contributed by atoms with van der Waals surface area (Å²) < 4.78 is 4.91. The molecule has 1 aromatic heterocycles. The Kier molecular flexibility index (Phi) is 4.17. The lowest BCUT2D eigenvalue weighted by Crippen LogP contribution is -2.26. The summed E-state index contributed by atoms with van der Waals surface area (Å²) in [5.74, 6) is 0.868. The van der Waals surface area contributed by atoms with E-state index in [1.165, 1.54) is 0 Å². The number of para-hydroxylation sites is 2. The lowest BCUT2D eigenvalue weighted by molar-refractivity contribution is 0.146. The first-order valence-electron chi connectivity index (χ1n) is 6.14. The number of carbonyl (C=O) groups excluding carboxylic acids is 1. The van der Waals surface area contributed by atoms with Crippen molar-refractivity contribution in [2.75, 3.05) is 13.2 Å². The zero-order valence-corrected chi connectivity index (χ0v) is 10.4. The number of alkyl carbamates (subject to hydrolysis) is 1. The van der Waals surface area contributed by atoms with Crippen LogP contribution in [0.2, 0.25) is 0 Å². The molecule has 2 aromatic rings. The van der Waals surface area contributed by atoms with Crippen LogP contribution in [0.5, 0.6) is 0 Å². The normalized spacial score (nSPS) is 10.5. The Morgan fingerprint density at radius 2 is 2.28 bits per heavy atom. The molecule has 5 nitrogen and oxygen atoms in total. The van der Waals surface area contributed by atoms with Crippen LogP contribution < -0.4 is 5.32 Å². The minimum absolute atomic E-state index is 0.368. The van der Waals surface area contributed by atoms with Crippen LogP contribution >= 0.6 is 0 Å². The highest BCUT2D eigenvalue weighted by molar-refractivity contribution is 5.74. The average Bonchev–Trinajstić information content (AvgIpc) is 2.79. The van der Waals surface area contributed by atoms with Gasteiger partial charge in [-0.3, -0.25) is 0 Å². The van der Waals surface area contributed by atoms with E-state index in [-0.39, 0.29) is 6.09 Å². The van der Waals surface area contributed by atoms with E-state index in [1.54, 1.807) is 0 Å². The van der Waals surface area contributed by atoms with Gasteiger partial charge in [0.2, 0.25) is 0 Å². The monoisotopic (exact) mass is 247 g/mol. The molecule has 0 saturated heterocycles.